The van der Waals surface area contributed by atoms with Crippen molar-refractivity contribution in [3.63, 3.8) is 0 Å². The van der Waals surface area contributed by atoms with Crippen LogP contribution in [0.2, 0.25) is 0 Å². The Bertz CT molecular complexity index is 563. The van der Waals surface area contributed by atoms with Gasteiger partial charge in [-0.25, -0.2) is 4.79 Å². The predicted octanol–water partition coefficient (Wildman–Crippen LogP) is 6.14. The van der Waals surface area contributed by atoms with Gasteiger partial charge in [-0.2, -0.15) is 0 Å². The van der Waals surface area contributed by atoms with Crippen LogP contribution >= 0.6 is 0 Å². The van der Waals surface area contributed by atoms with Gasteiger partial charge in [-0.05, 0) is 44.9 Å². The summed E-state index contributed by atoms with van der Waals surface area (Å²) in [5.41, 5.74) is -1.28. The van der Waals surface area contributed by atoms with E-state index in [4.69, 9.17) is 20.1 Å². The second-order valence-corrected chi connectivity index (χ2v) is 9.52. The highest BCUT2D eigenvalue weighted by Crippen LogP contribution is 2.27. The van der Waals surface area contributed by atoms with E-state index in [1.165, 1.54) is 12.8 Å². The molecule has 0 aromatic carbocycles. The summed E-state index contributed by atoms with van der Waals surface area (Å²) in [5, 5.41) is 30.2. The Hall–Kier alpha value is -2.32. The number of hydrogen-bond acceptors (Lipinski definition) is 5. The molecule has 4 N–H and O–H groups in total. The molecule has 204 valence electrons. The SMILES string of the molecule is CCCCCCCC(CCCCCCC)OC(=O)NC(CCC(=O)O)(CCC(=O)O)CCC(=O)O. The van der Waals surface area contributed by atoms with E-state index < -0.39 is 29.5 Å². The van der Waals surface area contributed by atoms with Gasteiger partial charge in [0, 0.05) is 24.8 Å². The molecule has 0 aromatic heterocycles. The quantitative estimate of drug-likeness (QED) is 0.122. The van der Waals surface area contributed by atoms with Crippen LogP contribution in [0.25, 0.3) is 0 Å². The zero-order valence-corrected chi connectivity index (χ0v) is 21.7. The highest BCUT2D eigenvalue weighted by atomic mass is 16.6. The third-order valence-electron chi connectivity index (χ3n) is 6.35. The number of carbonyl (C=O) groups is 4. The Morgan fingerprint density at radius 2 is 1.03 bits per heavy atom. The maximum Gasteiger partial charge on any atom is 0.407 e. The topological polar surface area (TPSA) is 150 Å². The molecule has 0 heterocycles. The third kappa shape index (κ3) is 18.7. The summed E-state index contributed by atoms with van der Waals surface area (Å²) in [6.45, 7) is 4.30. The Balaban J connectivity index is 5.30. The monoisotopic (exact) mass is 501 g/mol. The molecule has 0 bridgehead atoms. The first kappa shape index (κ1) is 32.7. The van der Waals surface area contributed by atoms with Crippen molar-refractivity contribution in [1.29, 1.82) is 0 Å². The molecular formula is C26H47NO8. The number of rotatable bonds is 23. The number of ether oxygens (including phenoxy) is 1. The zero-order chi connectivity index (χ0) is 26.5. The molecule has 0 fully saturated rings. The first-order valence-electron chi connectivity index (χ1n) is 13.3. The van der Waals surface area contributed by atoms with Crippen molar-refractivity contribution in [3.05, 3.63) is 0 Å². The highest BCUT2D eigenvalue weighted by molar-refractivity contribution is 5.71. The van der Waals surface area contributed by atoms with Gasteiger partial charge in [-0.3, -0.25) is 14.4 Å². The van der Waals surface area contributed by atoms with Gasteiger partial charge < -0.3 is 25.4 Å². The van der Waals surface area contributed by atoms with Crippen LogP contribution in [0.4, 0.5) is 4.79 Å². The normalized spacial score (nSPS) is 11.4. The summed E-state index contributed by atoms with van der Waals surface area (Å²) < 4.78 is 5.75. The molecule has 35 heavy (non-hydrogen) atoms. The van der Waals surface area contributed by atoms with E-state index in [0.717, 1.165) is 64.2 Å². The van der Waals surface area contributed by atoms with Crippen LogP contribution in [-0.2, 0) is 19.1 Å². The average Bonchev–Trinajstić information content (AvgIpc) is 2.79. The summed E-state index contributed by atoms with van der Waals surface area (Å²) in [4.78, 5) is 46.5. The average molecular weight is 502 g/mol. The van der Waals surface area contributed by atoms with E-state index in [0.29, 0.717) is 0 Å². The van der Waals surface area contributed by atoms with Crippen molar-refractivity contribution in [2.45, 2.75) is 141 Å². The second-order valence-electron chi connectivity index (χ2n) is 9.52. The Kier molecular flexibility index (Phi) is 18.6. The van der Waals surface area contributed by atoms with Crippen LogP contribution in [0.1, 0.15) is 129 Å². The summed E-state index contributed by atoms with van der Waals surface area (Å²) in [5.74, 6) is -3.31. The Morgan fingerprint density at radius 3 is 1.37 bits per heavy atom. The van der Waals surface area contributed by atoms with Gasteiger partial charge in [0.2, 0.25) is 0 Å². The largest absolute Gasteiger partial charge is 0.481 e. The summed E-state index contributed by atoms with van der Waals surface area (Å²) >= 11 is 0. The number of carbonyl (C=O) groups excluding carboxylic acids is 1. The number of carboxylic acids is 3. The standard InChI is InChI=1S/C26H47NO8/c1-3-5-7-9-11-13-21(14-12-10-8-6-4-2)35-25(34)27-26(18-15-22(28)29,19-16-23(30)31)20-17-24(32)33/h21H,3-20H2,1-2H3,(H,27,34)(H,28,29)(H,30,31)(H,32,33). The molecular weight excluding hydrogens is 454 g/mol. The van der Waals surface area contributed by atoms with Crippen LogP contribution in [-0.4, -0.2) is 51.0 Å². The van der Waals surface area contributed by atoms with Crippen LogP contribution in [0, 0.1) is 0 Å². The van der Waals surface area contributed by atoms with E-state index in [1.807, 2.05) is 0 Å². The maximum atomic E-state index is 12.9. The lowest BCUT2D eigenvalue weighted by molar-refractivity contribution is -0.137. The highest BCUT2D eigenvalue weighted by Gasteiger charge is 2.34. The van der Waals surface area contributed by atoms with E-state index >= 15 is 0 Å². The second kappa shape index (κ2) is 19.9. The van der Waals surface area contributed by atoms with Crippen molar-refractivity contribution < 1.29 is 39.2 Å². The van der Waals surface area contributed by atoms with Crippen molar-refractivity contribution in [1.82, 2.24) is 5.32 Å². The molecule has 0 radical (unpaired) electrons. The molecule has 0 spiro atoms. The maximum absolute atomic E-state index is 12.9. The van der Waals surface area contributed by atoms with Gasteiger partial charge in [-0.1, -0.05) is 65.2 Å². The van der Waals surface area contributed by atoms with Gasteiger partial charge in [0.1, 0.15) is 6.10 Å². The summed E-state index contributed by atoms with van der Waals surface area (Å²) in [7, 11) is 0. The molecule has 0 aliphatic rings. The molecule has 0 aromatic rings. The van der Waals surface area contributed by atoms with E-state index in [2.05, 4.69) is 19.2 Å². The fourth-order valence-corrected chi connectivity index (χ4v) is 4.21. The first-order chi connectivity index (χ1) is 16.6. The Morgan fingerprint density at radius 1 is 0.657 bits per heavy atom. The van der Waals surface area contributed by atoms with Gasteiger partial charge in [0.15, 0.2) is 0 Å². The number of nitrogens with one attached hydrogen (secondary N) is 1. The molecule has 0 aliphatic carbocycles. The van der Waals surface area contributed by atoms with Crippen molar-refractivity contribution in [2.75, 3.05) is 0 Å². The van der Waals surface area contributed by atoms with E-state index in [9.17, 15) is 19.2 Å². The number of carboxylic acid groups (broad SMARTS) is 3. The number of alkyl carbamates (subject to hydrolysis) is 1. The lowest BCUT2D eigenvalue weighted by Gasteiger charge is -2.34. The minimum atomic E-state index is -1.28. The summed E-state index contributed by atoms with van der Waals surface area (Å²) in [6, 6.07) is 0. The lowest BCUT2D eigenvalue weighted by atomic mass is 9.83. The fraction of sp³-hybridized carbons (Fsp3) is 0.846. The lowest BCUT2D eigenvalue weighted by Crippen LogP contribution is -2.50. The van der Waals surface area contributed by atoms with Crippen LogP contribution in [0.5, 0.6) is 0 Å². The van der Waals surface area contributed by atoms with Crippen molar-refractivity contribution >= 4 is 24.0 Å². The minimum Gasteiger partial charge on any atom is -0.481 e. The minimum absolute atomic E-state index is 0.0727. The first-order valence-corrected chi connectivity index (χ1v) is 13.3. The molecule has 9 nitrogen and oxygen atoms in total. The third-order valence-corrected chi connectivity index (χ3v) is 6.35. The molecule has 9 heteroatoms. The number of hydrogen-bond donors (Lipinski definition) is 4. The molecule has 0 saturated heterocycles. The molecule has 0 saturated carbocycles. The van der Waals surface area contributed by atoms with Gasteiger partial charge in [0.05, 0.1) is 0 Å². The molecule has 0 rings (SSSR count). The molecule has 1 amide bonds. The smallest absolute Gasteiger partial charge is 0.407 e. The van der Waals surface area contributed by atoms with Crippen LogP contribution < -0.4 is 5.32 Å². The van der Waals surface area contributed by atoms with Crippen molar-refractivity contribution in [3.8, 4) is 0 Å². The molecule has 0 aliphatic heterocycles. The van der Waals surface area contributed by atoms with Crippen LogP contribution in [0.3, 0.4) is 0 Å². The van der Waals surface area contributed by atoms with Crippen molar-refractivity contribution in [2.24, 2.45) is 0 Å². The van der Waals surface area contributed by atoms with Crippen LogP contribution in [0.15, 0.2) is 0 Å². The summed E-state index contributed by atoms with van der Waals surface area (Å²) in [6.07, 6.45) is 10.2. The molecule has 0 unspecified atom stereocenters. The van der Waals surface area contributed by atoms with E-state index in [1.54, 1.807) is 0 Å². The predicted molar refractivity (Wildman–Crippen MR) is 133 cm³/mol. The van der Waals surface area contributed by atoms with Gasteiger partial charge in [-0.15, -0.1) is 0 Å². The Labute approximate surface area is 210 Å². The number of amides is 1. The fourth-order valence-electron chi connectivity index (χ4n) is 4.21. The number of aliphatic carboxylic acids is 3. The zero-order valence-electron chi connectivity index (χ0n) is 21.7. The van der Waals surface area contributed by atoms with Gasteiger partial charge in [0.25, 0.3) is 0 Å². The van der Waals surface area contributed by atoms with Gasteiger partial charge >= 0.3 is 24.0 Å². The molecule has 0 atom stereocenters. The number of unbranched alkanes of at least 4 members (excludes halogenated alkanes) is 8. The van der Waals surface area contributed by atoms with E-state index in [-0.39, 0.29) is 44.6 Å².